The van der Waals surface area contributed by atoms with Crippen molar-refractivity contribution in [1.82, 2.24) is 10.3 Å². The van der Waals surface area contributed by atoms with E-state index in [1.54, 1.807) is 12.4 Å². The smallest absolute Gasteiger partial charge is 0.310 e. The molecular formula is C14H19F3N2. The summed E-state index contributed by atoms with van der Waals surface area (Å²) in [5.41, 5.74) is 2.17. The predicted octanol–water partition coefficient (Wildman–Crippen LogP) is 3.60. The molecule has 1 heterocycles. The summed E-state index contributed by atoms with van der Waals surface area (Å²) in [5, 5.41) is 3.25. The fourth-order valence-electron chi connectivity index (χ4n) is 2.63. The average molecular weight is 272 g/mol. The summed E-state index contributed by atoms with van der Waals surface area (Å²) in [6, 6.07) is 1.87. The normalized spacial score (nSPS) is 24.4. The summed E-state index contributed by atoms with van der Waals surface area (Å²) < 4.78 is 38.1. The number of aromatic nitrogens is 1. The minimum absolute atomic E-state index is 0.0343. The Labute approximate surface area is 111 Å². The van der Waals surface area contributed by atoms with E-state index in [-0.39, 0.29) is 18.9 Å². The summed E-state index contributed by atoms with van der Waals surface area (Å²) in [7, 11) is 0. The Morgan fingerprint density at radius 1 is 1.37 bits per heavy atom. The van der Waals surface area contributed by atoms with E-state index in [0.29, 0.717) is 13.0 Å². The Morgan fingerprint density at radius 3 is 2.84 bits per heavy atom. The number of nitrogens with zero attached hydrogens (tertiary/aromatic N) is 1. The minimum atomic E-state index is -4.05. The molecule has 1 saturated carbocycles. The van der Waals surface area contributed by atoms with E-state index in [9.17, 15) is 13.2 Å². The van der Waals surface area contributed by atoms with Gasteiger partial charge in [0, 0.05) is 25.0 Å². The first-order valence-electron chi connectivity index (χ1n) is 6.66. The Kier molecular flexibility index (Phi) is 4.45. The van der Waals surface area contributed by atoms with Crippen molar-refractivity contribution >= 4 is 0 Å². The summed E-state index contributed by atoms with van der Waals surface area (Å²) in [5.74, 6) is -1.14. The van der Waals surface area contributed by atoms with Crippen LogP contribution < -0.4 is 5.32 Å². The number of rotatable bonds is 3. The zero-order valence-corrected chi connectivity index (χ0v) is 11.0. The van der Waals surface area contributed by atoms with Crippen LogP contribution >= 0.6 is 0 Å². The van der Waals surface area contributed by atoms with Crippen LogP contribution in [-0.4, -0.2) is 17.2 Å². The number of aryl methyl sites for hydroxylation is 1. The van der Waals surface area contributed by atoms with Gasteiger partial charge in [-0.15, -0.1) is 0 Å². The molecule has 0 aromatic carbocycles. The van der Waals surface area contributed by atoms with Crippen molar-refractivity contribution in [2.45, 2.75) is 51.4 Å². The molecule has 0 spiro atoms. The Balaban J connectivity index is 1.88. The second-order valence-electron chi connectivity index (χ2n) is 5.29. The summed E-state index contributed by atoms with van der Waals surface area (Å²) in [6.45, 7) is 2.58. The number of alkyl halides is 3. The van der Waals surface area contributed by atoms with Crippen LogP contribution in [-0.2, 0) is 6.54 Å². The van der Waals surface area contributed by atoms with Crippen LogP contribution in [0.1, 0.15) is 36.8 Å². The van der Waals surface area contributed by atoms with Gasteiger partial charge < -0.3 is 5.32 Å². The van der Waals surface area contributed by atoms with Crippen LogP contribution in [0, 0.1) is 12.8 Å². The third-order valence-electron chi connectivity index (χ3n) is 3.85. The van der Waals surface area contributed by atoms with Gasteiger partial charge in [0.1, 0.15) is 0 Å². The first kappa shape index (κ1) is 14.3. The molecule has 106 valence electrons. The van der Waals surface area contributed by atoms with Crippen LogP contribution in [0.25, 0.3) is 0 Å². The second-order valence-corrected chi connectivity index (χ2v) is 5.29. The molecule has 0 aliphatic heterocycles. The van der Waals surface area contributed by atoms with Crippen molar-refractivity contribution in [2.75, 3.05) is 0 Å². The van der Waals surface area contributed by atoms with E-state index in [0.717, 1.165) is 17.5 Å². The number of nitrogens with one attached hydrogen (secondary N) is 1. The summed E-state index contributed by atoms with van der Waals surface area (Å²) in [4.78, 5) is 4.01. The van der Waals surface area contributed by atoms with Crippen molar-refractivity contribution in [3.63, 3.8) is 0 Å². The number of hydrogen-bond acceptors (Lipinski definition) is 2. The lowest BCUT2D eigenvalue weighted by Gasteiger charge is -2.31. The van der Waals surface area contributed by atoms with E-state index in [1.165, 1.54) is 0 Å². The van der Waals surface area contributed by atoms with E-state index in [2.05, 4.69) is 10.3 Å². The Hall–Kier alpha value is -1.10. The van der Waals surface area contributed by atoms with Crippen molar-refractivity contribution in [3.8, 4) is 0 Å². The Bertz CT molecular complexity index is 417. The largest absolute Gasteiger partial charge is 0.391 e. The van der Waals surface area contributed by atoms with E-state index in [4.69, 9.17) is 0 Å². The molecule has 0 bridgehead atoms. The molecular weight excluding hydrogens is 253 g/mol. The molecule has 0 amide bonds. The zero-order chi connectivity index (χ0) is 13.9. The number of halogens is 3. The standard InChI is InChI=1S/C14H19F3N2/c1-10-8-18-6-5-11(10)9-19-13-4-2-3-12(7-13)14(15,16)17/h5-6,8,12-13,19H,2-4,7,9H2,1H3. The maximum Gasteiger partial charge on any atom is 0.391 e. The fourth-order valence-corrected chi connectivity index (χ4v) is 2.63. The lowest BCUT2D eigenvalue weighted by molar-refractivity contribution is -0.183. The summed E-state index contributed by atoms with van der Waals surface area (Å²) >= 11 is 0. The van der Waals surface area contributed by atoms with Gasteiger partial charge in [0.2, 0.25) is 0 Å². The van der Waals surface area contributed by atoms with Crippen LogP contribution in [0.4, 0.5) is 13.2 Å². The molecule has 1 aromatic heterocycles. The summed E-state index contributed by atoms with van der Waals surface area (Å²) in [6.07, 6.45) is 1.39. The highest BCUT2D eigenvalue weighted by atomic mass is 19.4. The van der Waals surface area contributed by atoms with E-state index >= 15 is 0 Å². The van der Waals surface area contributed by atoms with Gasteiger partial charge in [-0.25, -0.2) is 0 Å². The number of hydrogen-bond donors (Lipinski definition) is 1. The molecule has 1 aromatic rings. The molecule has 2 nitrogen and oxygen atoms in total. The maximum absolute atomic E-state index is 12.7. The van der Waals surface area contributed by atoms with Crippen molar-refractivity contribution in [2.24, 2.45) is 5.92 Å². The molecule has 2 unspecified atom stereocenters. The van der Waals surface area contributed by atoms with Gasteiger partial charge in [-0.1, -0.05) is 6.42 Å². The highest BCUT2D eigenvalue weighted by Gasteiger charge is 2.41. The average Bonchev–Trinajstić information content (AvgIpc) is 2.37. The predicted molar refractivity (Wildman–Crippen MR) is 67.6 cm³/mol. The molecule has 1 fully saturated rings. The van der Waals surface area contributed by atoms with Gasteiger partial charge >= 0.3 is 6.18 Å². The molecule has 1 N–H and O–H groups in total. The monoisotopic (exact) mass is 272 g/mol. The third kappa shape index (κ3) is 3.93. The molecule has 19 heavy (non-hydrogen) atoms. The van der Waals surface area contributed by atoms with Crippen molar-refractivity contribution in [3.05, 3.63) is 29.6 Å². The third-order valence-corrected chi connectivity index (χ3v) is 3.85. The Morgan fingerprint density at radius 2 is 2.16 bits per heavy atom. The molecule has 1 aliphatic carbocycles. The maximum atomic E-state index is 12.7. The first-order chi connectivity index (χ1) is 8.97. The van der Waals surface area contributed by atoms with Crippen LogP contribution in [0.5, 0.6) is 0 Å². The first-order valence-corrected chi connectivity index (χ1v) is 6.66. The second kappa shape index (κ2) is 5.90. The van der Waals surface area contributed by atoms with Gasteiger partial charge in [0.05, 0.1) is 5.92 Å². The minimum Gasteiger partial charge on any atom is -0.310 e. The fraction of sp³-hybridized carbons (Fsp3) is 0.643. The van der Waals surface area contributed by atoms with E-state index in [1.807, 2.05) is 13.0 Å². The lowest BCUT2D eigenvalue weighted by atomic mass is 9.85. The molecule has 1 aliphatic rings. The van der Waals surface area contributed by atoms with Gasteiger partial charge in [0.25, 0.3) is 0 Å². The topological polar surface area (TPSA) is 24.9 Å². The van der Waals surface area contributed by atoms with Crippen LogP contribution in [0.3, 0.4) is 0 Å². The van der Waals surface area contributed by atoms with Crippen molar-refractivity contribution in [1.29, 1.82) is 0 Å². The highest BCUT2D eigenvalue weighted by Crippen LogP contribution is 2.37. The molecule has 5 heteroatoms. The molecule has 2 atom stereocenters. The van der Waals surface area contributed by atoms with Gasteiger partial charge in [0.15, 0.2) is 0 Å². The SMILES string of the molecule is Cc1cnccc1CNC1CCCC(C(F)(F)F)C1. The van der Waals surface area contributed by atoms with Gasteiger partial charge in [-0.05, 0) is 43.4 Å². The molecule has 2 rings (SSSR count). The lowest BCUT2D eigenvalue weighted by Crippen LogP contribution is -2.38. The van der Waals surface area contributed by atoms with E-state index < -0.39 is 12.1 Å². The van der Waals surface area contributed by atoms with Crippen LogP contribution in [0.15, 0.2) is 18.5 Å². The van der Waals surface area contributed by atoms with Gasteiger partial charge in [-0.2, -0.15) is 13.2 Å². The number of pyridine rings is 1. The quantitative estimate of drug-likeness (QED) is 0.909. The van der Waals surface area contributed by atoms with Gasteiger partial charge in [-0.3, -0.25) is 4.98 Å². The molecule has 0 radical (unpaired) electrons. The molecule has 0 saturated heterocycles. The van der Waals surface area contributed by atoms with Crippen LogP contribution in [0.2, 0.25) is 0 Å². The highest BCUT2D eigenvalue weighted by molar-refractivity contribution is 5.21. The van der Waals surface area contributed by atoms with Crippen molar-refractivity contribution < 1.29 is 13.2 Å². The zero-order valence-electron chi connectivity index (χ0n) is 11.0.